The van der Waals surface area contributed by atoms with Crippen LogP contribution in [0.15, 0.2) is 18.2 Å². The molecule has 0 saturated carbocycles. The van der Waals surface area contributed by atoms with E-state index in [0.717, 1.165) is 3.57 Å². The molecule has 1 aromatic carbocycles. The Kier molecular flexibility index (Phi) is 5.94. The number of carboxylic acid groups (broad SMARTS) is 1. The number of nitrogens with one attached hydrogen (secondary N) is 1. The molecule has 0 saturated heterocycles. The van der Waals surface area contributed by atoms with Crippen LogP contribution in [0.3, 0.4) is 0 Å². The van der Waals surface area contributed by atoms with Gasteiger partial charge in [0.25, 0.3) is 5.69 Å². The standard InChI is InChI=1S/C14H19IN2O4/c1-14(2,3)7-9(13(18)19)8-16-11-5-4-10(15)6-12(11)17(20)21/h4-6,9,16H,7-8H2,1-3H3,(H,18,19). The Morgan fingerprint density at radius 1 is 1.48 bits per heavy atom. The van der Waals surface area contributed by atoms with Crippen LogP contribution in [0.25, 0.3) is 0 Å². The number of aliphatic carboxylic acids is 1. The fourth-order valence-electron chi connectivity index (χ4n) is 2.02. The molecular weight excluding hydrogens is 387 g/mol. The zero-order valence-electron chi connectivity index (χ0n) is 12.2. The van der Waals surface area contributed by atoms with E-state index in [9.17, 15) is 20.0 Å². The lowest BCUT2D eigenvalue weighted by Crippen LogP contribution is -2.27. The zero-order valence-corrected chi connectivity index (χ0v) is 14.4. The van der Waals surface area contributed by atoms with Gasteiger partial charge in [0.2, 0.25) is 0 Å². The third-order valence-electron chi connectivity index (χ3n) is 2.90. The van der Waals surface area contributed by atoms with E-state index in [1.165, 1.54) is 6.07 Å². The first-order valence-electron chi connectivity index (χ1n) is 6.51. The van der Waals surface area contributed by atoms with Crippen molar-refractivity contribution in [2.24, 2.45) is 11.3 Å². The number of hydrogen-bond donors (Lipinski definition) is 2. The first-order chi connectivity index (χ1) is 9.60. The Morgan fingerprint density at radius 3 is 2.57 bits per heavy atom. The van der Waals surface area contributed by atoms with Crippen molar-refractivity contribution in [2.75, 3.05) is 11.9 Å². The van der Waals surface area contributed by atoms with Crippen molar-refractivity contribution >= 4 is 39.9 Å². The summed E-state index contributed by atoms with van der Waals surface area (Å²) in [6.45, 7) is 6.07. The molecule has 116 valence electrons. The van der Waals surface area contributed by atoms with Gasteiger partial charge in [-0.2, -0.15) is 0 Å². The molecule has 0 bridgehead atoms. The largest absolute Gasteiger partial charge is 0.481 e. The molecule has 0 spiro atoms. The number of halogens is 1. The molecule has 0 heterocycles. The first kappa shape index (κ1) is 17.7. The Labute approximate surface area is 137 Å². The first-order valence-corrected chi connectivity index (χ1v) is 7.58. The van der Waals surface area contributed by atoms with Gasteiger partial charge in [0, 0.05) is 16.2 Å². The van der Waals surface area contributed by atoms with Crippen molar-refractivity contribution in [1.82, 2.24) is 0 Å². The van der Waals surface area contributed by atoms with Gasteiger partial charge in [0.1, 0.15) is 5.69 Å². The summed E-state index contributed by atoms with van der Waals surface area (Å²) in [6, 6.07) is 4.81. The van der Waals surface area contributed by atoms with E-state index in [1.807, 2.05) is 43.4 Å². The van der Waals surface area contributed by atoms with E-state index in [-0.39, 0.29) is 17.6 Å². The highest BCUT2D eigenvalue weighted by Gasteiger charge is 2.25. The molecular formula is C14H19IN2O4. The summed E-state index contributed by atoms with van der Waals surface area (Å²) < 4.78 is 0.759. The normalized spacial score (nSPS) is 12.8. The lowest BCUT2D eigenvalue weighted by molar-refractivity contribution is -0.384. The third kappa shape index (κ3) is 5.86. The van der Waals surface area contributed by atoms with Gasteiger partial charge in [0.15, 0.2) is 0 Å². The smallest absolute Gasteiger partial charge is 0.308 e. The van der Waals surface area contributed by atoms with Gasteiger partial charge in [0.05, 0.1) is 10.8 Å². The summed E-state index contributed by atoms with van der Waals surface area (Å²) >= 11 is 2.00. The number of benzene rings is 1. The van der Waals surface area contributed by atoms with Gasteiger partial charge in [-0.3, -0.25) is 14.9 Å². The highest BCUT2D eigenvalue weighted by Crippen LogP contribution is 2.28. The summed E-state index contributed by atoms with van der Waals surface area (Å²) in [7, 11) is 0. The summed E-state index contributed by atoms with van der Waals surface area (Å²) in [4.78, 5) is 21.9. The Balaban J connectivity index is 2.86. The van der Waals surface area contributed by atoms with E-state index in [1.54, 1.807) is 12.1 Å². The Bertz CT molecular complexity index is 540. The minimum atomic E-state index is -0.898. The van der Waals surface area contributed by atoms with Gasteiger partial charge >= 0.3 is 5.97 Å². The average molecular weight is 406 g/mol. The van der Waals surface area contributed by atoms with Crippen LogP contribution < -0.4 is 5.32 Å². The van der Waals surface area contributed by atoms with E-state index in [2.05, 4.69) is 5.32 Å². The fourth-order valence-corrected chi connectivity index (χ4v) is 2.50. The second-order valence-electron chi connectivity index (χ2n) is 6.10. The molecule has 1 rings (SSSR count). The molecule has 1 unspecified atom stereocenters. The molecule has 0 aliphatic heterocycles. The average Bonchev–Trinajstić information content (AvgIpc) is 2.33. The lowest BCUT2D eigenvalue weighted by Gasteiger charge is -2.23. The van der Waals surface area contributed by atoms with Gasteiger partial charge in [-0.15, -0.1) is 0 Å². The number of nitro benzene ring substituents is 1. The molecule has 1 aromatic rings. The Morgan fingerprint density at radius 2 is 2.10 bits per heavy atom. The zero-order chi connectivity index (χ0) is 16.2. The maximum absolute atomic E-state index is 11.3. The van der Waals surface area contributed by atoms with Crippen LogP contribution in [-0.4, -0.2) is 22.5 Å². The minimum absolute atomic E-state index is 0.0400. The molecule has 2 N–H and O–H groups in total. The number of nitrogens with zero attached hydrogens (tertiary/aromatic N) is 1. The van der Waals surface area contributed by atoms with E-state index in [4.69, 9.17) is 0 Å². The van der Waals surface area contributed by atoms with E-state index < -0.39 is 16.8 Å². The number of carbonyl (C=O) groups is 1. The molecule has 6 nitrogen and oxygen atoms in total. The van der Waals surface area contributed by atoms with Crippen LogP contribution in [0, 0.1) is 25.0 Å². The van der Waals surface area contributed by atoms with Gasteiger partial charge < -0.3 is 10.4 Å². The molecule has 0 fully saturated rings. The highest BCUT2D eigenvalue weighted by molar-refractivity contribution is 14.1. The summed E-state index contributed by atoms with van der Waals surface area (Å²) in [5.41, 5.74) is 0.185. The summed E-state index contributed by atoms with van der Waals surface area (Å²) in [5, 5.41) is 23.2. The molecule has 0 aliphatic rings. The maximum atomic E-state index is 11.3. The van der Waals surface area contributed by atoms with Crippen LogP contribution in [0.1, 0.15) is 27.2 Å². The van der Waals surface area contributed by atoms with Crippen molar-refractivity contribution in [3.05, 3.63) is 31.9 Å². The molecule has 0 aromatic heterocycles. The topological polar surface area (TPSA) is 92.5 Å². The SMILES string of the molecule is CC(C)(C)CC(CNc1ccc(I)cc1[N+](=O)[O-])C(=O)O. The van der Waals surface area contributed by atoms with Crippen LogP contribution in [-0.2, 0) is 4.79 Å². The predicted molar refractivity (Wildman–Crippen MR) is 89.5 cm³/mol. The monoisotopic (exact) mass is 406 g/mol. The summed E-state index contributed by atoms with van der Waals surface area (Å²) in [6.07, 6.45) is 0.494. The second kappa shape index (κ2) is 7.06. The minimum Gasteiger partial charge on any atom is -0.481 e. The molecule has 0 radical (unpaired) electrons. The number of hydrogen-bond acceptors (Lipinski definition) is 4. The Hall–Kier alpha value is -1.38. The van der Waals surface area contributed by atoms with Crippen molar-refractivity contribution < 1.29 is 14.8 Å². The lowest BCUT2D eigenvalue weighted by atomic mass is 9.84. The predicted octanol–water partition coefficient (Wildman–Crippen LogP) is 3.75. The van der Waals surface area contributed by atoms with Crippen LogP contribution in [0.4, 0.5) is 11.4 Å². The van der Waals surface area contributed by atoms with Crippen molar-refractivity contribution in [2.45, 2.75) is 27.2 Å². The molecule has 1 atom stereocenters. The molecule has 7 heteroatoms. The van der Waals surface area contributed by atoms with Gasteiger partial charge in [-0.25, -0.2) is 0 Å². The molecule has 0 aliphatic carbocycles. The van der Waals surface area contributed by atoms with Crippen LogP contribution >= 0.6 is 22.6 Å². The van der Waals surface area contributed by atoms with E-state index in [0.29, 0.717) is 12.1 Å². The number of rotatable bonds is 6. The van der Waals surface area contributed by atoms with E-state index >= 15 is 0 Å². The van der Waals surface area contributed by atoms with Gasteiger partial charge in [-0.05, 0) is 46.6 Å². The molecule has 0 amide bonds. The fraction of sp³-hybridized carbons (Fsp3) is 0.500. The second-order valence-corrected chi connectivity index (χ2v) is 7.35. The van der Waals surface area contributed by atoms with Crippen molar-refractivity contribution in [3.63, 3.8) is 0 Å². The number of carboxylic acids is 1. The van der Waals surface area contributed by atoms with Crippen LogP contribution in [0.2, 0.25) is 0 Å². The third-order valence-corrected chi connectivity index (χ3v) is 3.57. The van der Waals surface area contributed by atoms with Crippen LogP contribution in [0.5, 0.6) is 0 Å². The summed E-state index contributed by atoms with van der Waals surface area (Å²) in [5.74, 6) is -1.49. The number of anilines is 1. The van der Waals surface area contributed by atoms with Gasteiger partial charge in [-0.1, -0.05) is 20.8 Å². The highest BCUT2D eigenvalue weighted by atomic mass is 127. The quantitative estimate of drug-likeness (QED) is 0.427. The maximum Gasteiger partial charge on any atom is 0.308 e. The van der Waals surface area contributed by atoms with Crippen molar-refractivity contribution in [3.8, 4) is 0 Å². The number of nitro groups is 1. The van der Waals surface area contributed by atoms with Crippen molar-refractivity contribution in [1.29, 1.82) is 0 Å². The molecule has 21 heavy (non-hydrogen) atoms.